The van der Waals surface area contributed by atoms with Gasteiger partial charge in [-0.2, -0.15) is 0 Å². The molecule has 2 aliphatic carbocycles. The molecule has 120 valence electrons. The summed E-state index contributed by atoms with van der Waals surface area (Å²) in [5.74, 6) is -1.24. The number of nitrogens with one attached hydrogen (secondary N) is 1. The van der Waals surface area contributed by atoms with Crippen molar-refractivity contribution < 1.29 is 19.4 Å². The summed E-state index contributed by atoms with van der Waals surface area (Å²) in [4.78, 5) is 24.2. The van der Waals surface area contributed by atoms with Gasteiger partial charge in [-0.3, -0.25) is 9.59 Å². The minimum absolute atomic E-state index is 0.00909. The Hall–Kier alpha value is -2.30. The number of aliphatic carboxylic acids is 1. The lowest BCUT2D eigenvalue weighted by atomic mass is 9.82. The minimum atomic E-state index is -0.874. The Kier molecular flexibility index (Phi) is 3.36. The summed E-state index contributed by atoms with van der Waals surface area (Å²) in [5, 5.41) is 12.4. The lowest BCUT2D eigenvalue weighted by molar-refractivity contribution is -0.146. The van der Waals surface area contributed by atoms with E-state index < -0.39 is 17.8 Å². The summed E-state index contributed by atoms with van der Waals surface area (Å²) >= 11 is 0. The fourth-order valence-corrected chi connectivity index (χ4v) is 4.18. The van der Waals surface area contributed by atoms with E-state index in [0.29, 0.717) is 0 Å². The van der Waals surface area contributed by atoms with Gasteiger partial charge in [-0.15, -0.1) is 0 Å². The Labute approximate surface area is 134 Å². The second-order valence-electron chi connectivity index (χ2n) is 6.60. The number of ether oxygens (including phenoxy) is 1. The molecule has 1 aromatic carbocycles. The van der Waals surface area contributed by atoms with Crippen molar-refractivity contribution in [1.82, 2.24) is 0 Å². The highest BCUT2D eigenvalue weighted by atomic mass is 16.5. The molecule has 1 aromatic rings. The summed E-state index contributed by atoms with van der Waals surface area (Å²) < 4.78 is 5.57. The average molecular weight is 313 g/mol. The summed E-state index contributed by atoms with van der Waals surface area (Å²) in [6, 6.07) is 5.63. The number of allylic oxidation sites excluding steroid dienone is 2. The second kappa shape index (κ2) is 5.41. The first-order chi connectivity index (χ1) is 11.1. The van der Waals surface area contributed by atoms with E-state index in [-0.39, 0.29) is 17.7 Å². The van der Waals surface area contributed by atoms with Crippen LogP contribution in [0.3, 0.4) is 0 Å². The number of hydrogen-bond donors (Lipinski definition) is 2. The summed E-state index contributed by atoms with van der Waals surface area (Å²) in [7, 11) is 0. The summed E-state index contributed by atoms with van der Waals surface area (Å²) in [6.07, 6.45) is 6.63. The first-order valence-corrected chi connectivity index (χ1v) is 8.11. The van der Waals surface area contributed by atoms with Crippen LogP contribution in [0.1, 0.15) is 18.4 Å². The van der Waals surface area contributed by atoms with Gasteiger partial charge in [0.15, 0.2) is 0 Å². The highest BCUT2D eigenvalue weighted by Crippen LogP contribution is 2.48. The zero-order valence-corrected chi connectivity index (χ0v) is 12.7. The molecule has 1 amide bonds. The molecular weight excluding hydrogens is 294 g/mol. The number of aryl methyl sites for hydroxylation is 1. The third-order valence-electron chi connectivity index (χ3n) is 5.22. The maximum Gasteiger partial charge on any atom is 0.307 e. The lowest BCUT2D eigenvalue weighted by Gasteiger charge is -2.24. The molecule has 0 radical (unpaired) electrons. The SMILES string of the molecule is O=C(O)C1C2C=CC(C2)C1C(=O)Nc1ccc2c(c1)CCCO2. The van der Waals surface area contributed by atoms with E-state index >= 15 is 0 Å². The van der Waals surface area contributed by atoms with Crippen molar-refractivity contribution in [2.75, 3.05) is 11.9 Å². The van der Waals surface area contributed by atoms with Crippen molar-refractivity contribution in [3.05, 3.63) is 35.9 Å². The molecule has 1 saturated carbocycles. The Morgan fingerprint density at radius 1 is 1.17 bits per heavy atom. The molecule has 0 spiro atoms. The molecule has 4 unspecified atom stereocenters. The molecule has 0 aromatic heterocycles. The van der Waals surface area contributed by atoms with E-state index in [2.05, 4.69) is 5.32 Å². The van der Waals surface area contributed by atoms with Crippen LogP contribution >= 0.6 is 0 Å². The molecule has 23 heavy (non-hydrogen) atoms. The van der Waals surface area contributed by atoms with E-state index in [9.17, 15) is 14.7 Å². The van der Waals surface area contributed by atoms with Crippen molar-refractivity contribution in [3.8, 4) is 5.75 Å². The van der Waals surface area contributed by atoms with Gasteiger partial charge in [-0.05, 0) is 54.9 Å². The van der Waals surface area contributed by atoms with Crippen molar-refractivity contribution in [2.45, 2.75) is 19.3 Å². The molecular formula is C18H19NO4. The zero-order valence-electron chi connectivity index (χ0n) is 12.7. The zero-order chi connectivity index (χ0) is 16.0. The lowest BCUT2D eigenvalue weighted by Crippen LogP contribution is -2.36. The first-order valence-electron chi connectivity index (χ1n) is 8.11. The quantitative estimate of drug-likeness (QED) is 0.841. The standard InChI is InChI=1S/C18H19NO4/c20-17(15-11-3-4-12(8-11)16(15)18(21)22)19-13-5-6-14-10(9-13)2-1-7-23-14/h3-6,9,11-12,15-16H,1-2,7-8H2,(H,19,20)(H,21,22). The number of carboxylic acid groups (broad SMARTS) is 1. The molecule has 4 rings (SSSR count). The van der Waals surface area contributed by atoms with Gasteiger partial charge in [0.05, 0.1) is 18.4 Å². The van der Waals surface area contributed by atoms with Crippen LogP contribution in [0.2, 0.25) is 0 Å². The smallest absolute Gasteiger partial charge is 0.307 e. The molecule has 4 atom stereocenters. The number of anilines is 1. The molecule has 5 heteroatoms. The molecule has 3 aliphatic rings. The maximum absolute atomic E-state index is 12.6. The van der Waals surface area contributed by atoms with E-state index in [1.165, 1.54) is 0 Å². The molecule has 0 saturated heterocycles. The average Bonchev–Trinajstić information content (AvgIpc) is 3.15. The fourth-order valence-electron chi connectivity index (χ4n) is 4.18. The van der Waals surface area contributed by atoms with Gasteiger partial charge in [0.2, 0.25) is 5.91 Å². The summed E-state index contributed by atoms with van der Waals surface area (Å²) in [5.41, 5.74) is 1.81. The number of carbonyl (C=O) groups is 2. The fraction of sp³-hybridized carbons (Fsp3) is 0.444. The summed E-state index contributed by atoms with van der Waals surface area (Å²) in [6.45, 7) is 0.733. The molecule has 1 heterocycles. The van der Waals surface area contributed by atoms with Crippen molar-refractivity contribution in [1.29, 1.82) is 0 Å². The number of carboxylic acids is 1. The van der Waals surface area contributed by atoms with Crippen LogP contribution in [0.4, 0.5) is 5.69 Å². The van der Waals surface area contributed by atoms with Crippen LogP contribution in [0, 0.1) is 23.7 Å². The van der Waals surface area contributed by atoms with Crippen LogP contribution in [0.25, 0.3) is 0 Å². The van der Waals surface area contributed by atoms with Gasteiger partial charge in [-0.1, -0.05) is 12.2 Å². The van der Waals surface area contributed by atoms with Gasteiger partial charge < -0.3 is 15.2 Å². The monoisotopic (exact) mass is 313 g/mol. The van der Waals surface area contributed by atoms with Crippen LogP contribution in [0.5, 0.6) is 5.75 Å². The highest BCUT2D eigenvalue weighted by molar-refractivity contribution is 5.96. The van der Waals surface area contributed by atoms with Crippen LogP contribution in [0.15, 0.2) is 30.4 Å². The van der Waals surface area contributed by atoms with E-state index in [0.717, 1.165) is 42.9 Å². The number of benzene rings is 1. The third-order valence-corrected chi connectivity index (χ3v) is 5.22. The Bertz CT molecular complexity index is 696. The molecule has 5 nitrogen and oxygen atoms in total. The topological polar surface area (TPSA) is 75.6 Å². The second-order valence-corrected chi connectivity index (χ2v) is 6.60. The number of rotatable bonds is 3. The number of amides is 1. The van der Waals surface area contributed by atoms with Gasteiger partial charge in [0, 0.05) is 5.69 Å². The van der Waals surface area contributed by atoms with Gasteiger partial charge in [0.1, 0.15) is 5.75 Å². The maximum atomic E-state index is 12.6. The number of carbonyl (C=O) groups excluding carboxylic acids is 1. The number of fused-ring (bicyclic) bond motifs is 3. The molecule has 1 fully saturated rings. The predicted molar refractivity (Wildman–Crippen MR) is 84.2 cm³/mol. The van der Waals surface area contributed by atoms with Crippen molar-refractivity contribution in [2.24, 2.45) is 23.7 Å². The molecule has 1 aliphatic heterocycles. The Morgan fingerprint density at radius 3 is 2.74 bits per heavy atom. The van der Waals surface area contributed by atoms with Crippen LogP contribution < -0.4 is 10.1 Å². The van der Waals surface area contributed by atoms with E-state index in [1.807, 2.05) is 30.4 Å². The van der Waals surface area contributed by atoms with Crippen molar-refractivity contribution in [3.63, 3.8) is 0 Å². The normalized spacial score (nSPS) is 30.6. The van der Waals surface area contributed by atoms with Crippen molar-refractivity contribution >= 4 is 17.6 Å². The highest BCUT2D eigenvalue weighted by Gasteiger charge is 2.51. The van der Waals surface area contributed by atoms with Crippen LogP contribution in [-0.4, -0.2) is 23.6 Å². The third kappa shape index (κ3) is 2.40. The predicted octanol–water partition coefficient (Wildman–Crippen LogP) is 2.47. The largest absolute Gasteiger partial charge is 0.493 e. The van der Waals surface area contributed by atoms with Crippen LogP contribution in [-0.2, 0) is 16.0 Å². The van der Waals surface area contributed by atoms with Gasteiger partial charge in [0.25, 0.3) is 0 Å². The molecule has 2 bridgehead atoms. The van der Waals surface area contributed by atoms with Gasteiger partial charge >= 0.3 is 5.97 Å². The first kappa shape index (κ1) is 14.3. The van der Waals surface area contributed by atoms with E-state index in [1.54, 1.807) is 0 Å². The van der Waals surface area contributed by atoms with E-state index in [4.69, 9.17) is 4.74 Å². The van der Waals surface area contributed by atoms with Gasteiger partial charge in [-0.25, -0.2) is 0 Å². The minimum Gasteiger partial charge on any atom is -0.493 e. The molecule has 2 N–H and O–H groups in total. The number of hydrogen-bond acceptors (Lipinski definition) is 3. The Balaban J connectivity index is 1.54. The Morgan fingerprint density at radius 2 is 1.96 bits per heavy atom.